The van der Waals surface area contributed by atoms with Crippen molar-refractivity contribution in [2.45, 2.75) is 19.3 Å². The van der Waals surface area contributed by atoms with E-state index in [4.69, 9.17) is 15.6 Å². The molecule has 1 aromatic carbocycles. The smallest absolute Gasteiger partial charge is 0.339 e. The molecule has 0 aliphatic rings. The number of halogens is 1. The van der Waals surface area contributed by atoms with Crippen LogP contribution < -0.4 is 10.5 Å². The maximum absolute atomic E-state index is 11.0. The molecule has 0 saturated carbocycles. The second-order valence-corrected chi connectivity index (χ2v) is 4.63. The molecule has 1 aromatic rings. The zero-order chi connectivity index (χ0) is 13.5. The standard InChI is InChI=1S/C12H14BrNO4/c13-8-4-5-10(9(7-8)12(16)17)18-6-2-1-3-11(14)15/h4-5,7H,1-3,6H2,(H2,14,15)(H,16,17). The Hall–Kier alpha value is -1.56. The highest BCUT2D eigenvalue weighted by Crippen LogP contribution is 2.23. The third kappa shape index (κ3) is 4.75. The van der Waals surface area contributed by atoms with Crippen molar-refractivity contribution in [2.24, 2.45) is 5.73 Å². The van der Waals surface area contributed by atoms with Crippen LogP contribution in [0.25, 0.3) is 0 Å². The van der Waals surface area contributed by atoms with Gasteiger partial charge in [0.2, 0.25) is 5.91 Å². The van der Waals surface area contributed by atoms with Gasteiger partial charge in [-0.05, 0) is 31.0 Å². The molecule has 5 nitrogen and oxygen atoms in total. The number of primary amides is 1. The lowest BCUT2D eigenvalue weighted by atomic mass is 10.2. The number of hydrogen-bond donors (Lipinski definition) is 2. The molecule has 0 atom stereocenters. The van der Waals surface area contributed by atoms with E-state index in [-0.39, 0.29) is 11.5 Å². The Kier molecular flexibility index (Phi) is 5.64. The second-order valence-electron chi connectivity index (χ2n) is 3.72. The van der Waals surface area contributed by atoms with Crippen LogP contribution in [0.15, 0.2) is 22.7 Å². The molecule has 18 heavy (non-hydrogen) atoms. The van der Waals surface area contributed by atoms with Gasteiger partial charge < -0.3 is 15.6 Å². The van der Waals surface area contributed by atoms with Crippen LogP contribution in [0.5, 0.6) is 5.75 Å². The molecule has 0 spiro atoms. The Morgan fingerprint density at radius 2 is 2.06 bits per heavy atom. The Balaban J connectivity index is 2.51. The van der Waals surface area contributed by atoms with Crippen LogP contribution in [0.4, 0.5) is 0 Å². The van der Waals surface area contributed by atoms with E-state index in [1.54, 1.807) is 12.1 Å². The molecule has 0 aliphatic heterocycles. The first-order valence-electron chi connectivity index (χ1n) is 5.44. The van der Waals surface area contributed by atoms with Crippen molar-refractivity contribution in [3.8, 4) is 5.75 Å². The summed E-state index contributed by atoms with van der Waals surface area (Å²) in [6, 6.07) is 4.80. The lowest BCUT2D eigenvalue weighted by Gasteiger charge is -2.09. The highest BCUT2D eigenvalue weighted by atomic mass is 79.9. The molecule has 0 saturated heterocycles. The summed E-state index contributed by atoms with van der Waals surface area (Å²) in [5.74, 6) is -1.06. The Bertz CT molecular complexity index is 448. The maximum atomic E-state index is 11.0. The topological polar surface area (TPSA) is 89.6 Å². The van der Waals surface area contributed by atoms with E-state index in [2.05, 4.69) is 15.9 Å². The van der Waals surface area contributed by atoms with Crippen LogP contribution in [-0.2, 0) is 4.79 Å². The third-order valence-corrected chi connectivity index (χ3v) is 2.74. The number of benzene rings is 1. The van der Waals surface area contributed by atoms with Crippen molar-refractivity contribution in [1.82, 2.24) is 0 Å². The van der Waals surface area contributed by atoms with Gasteiger partial charge >= 0.3 is 5.97 Å². The summed E-state index contributed by atoms with van der Waals surface area (Å²) in [5, 5.41) is 9.00. The average Bonchev–Trinajstić information content (AvgIpc) is 2.29. The van der Waals surface area contributed by atoms with E-state index in [9.17, 15) is 9.59 Å². The summed E-state index contributed by atoms with van der Waals surface area (Å²) in [7, 11) is 0. The fraction of sp³-hybridized carbons (Fsp3) is 0.333. The molecule has 0 radical (unpaired) electrons. The summed E-state index contributed by atoms with van der Waals surface area (Å²) in [6.07, 6.45) is 1.60. The molecule has 0 bridgehead atoms. The monoisotopic (exact) mass is 315 g/mol. The Morgan fingerprint density at radius 1 is 1.33 bits per heavy atom. The fourth-order valence-electron chi connectivity index (χ4n) is 1.38. The number of aromatic carboxylic acids is 1. The van der Waals surface area contributed by atoms with Gasteiger partial charge in [0.25, 0.3) is 0 Å². The third-order valence-electron chi connectivity index (χ3n) is 2.25. The summed E-state index contributed by atoms with van der Waals surface area (Å²) in [6.45, 7) is 0.356. The van der Waals surface area contributed by atoms with Crippen molar-refractivity contribution in [1.29, 1.82) is 0 Å². The molecule has 0 aliphatic carbocycles. The zero-order valence-corrected chi connectivity index (χ0v) is 11.3. The predicted octanol–water partition coefficient (Wildman–Crippen LogP) is 2.18. The minimum atomic E-state index is -1.04. The molecule has 98 valence electrons. The van der Waals surface area contributed by atoms with Gasteiger partial charge in [-0.2, -0.15) is 0 Å². The summed E-state index contributed by atoms with van der Waals surface area (Å²) in [4.78, 5) is 21.5. The van der Waals surface area contributed by atoms with Gasteiger partial charge in [-0.25, -0.2) is 4.79 Å². The summed E-state index contributed by atoms with van der Waals surface area (Å²) >= 11 is 3.20. The number of carboxylic acids is 1. The second kappa shape index (κ2) is 7.00. The van der Waals surface area contributed by atoms with Gasteiger partial charge in [-0.3, -0.25) is 4.79 Å². The van der Waals surface area contributed by atoms with Crippen molar-refractivity contribution >= 4 is 27.8 Å². The predicted molar refractivity (Wildman–Crippen MR) is 69.6 cm³/mol. The minimum absolute atomic E-state index is 0.110. The Labute approximate surface area is 113 Å². The van der Waals surface area contributed by atoms with Crippen LogP contribution in [0.2, 0.25) is 0 Å². The molecule has 3 N–H and O–H groups in total. The van der Waals surface area contributed by atoms with Crippen LogP contribution in [-0.4, -0.2) is 23.6 Å². The van der Waals surface area contributed by atoms with Gasteiger partial charge in [0, 0.05) is 10.9 Å². The first-order valence-corrected chi connectivity index (χ1v) is 6.24. The van der Waals surface area contributed by atoms with Crippen LogP contribution in [0.3, 0.4) is 0 Å². The molecule has 0 aromatic heterocycles. The van der Waals surface area contributed by atoms with E-state index in [0.29, 0.717) is 36.1 Å². The van der Waals surface area contributed by atoms with E-state index in [1.807, 2.05) is 0 Å². The van der Waals surface area contributed by atoms with Gasteiger partial charge in [0.15, 0.2) is 0 Å². The van der Waals surface area contributed by atoms with E-state index in [1.165, 1.54) is 6.07 Å². The lowest BCUT2D eigenvalue weighted by Crippen LogP contribution is -2.10. The number of nitrogens with two attached hydrogens (primary N) is 1. The van der Waals surface area contributed by atoms with Gasteiger partial charge in [-0.1, -0.05) is 15.9 Å². The van der Waals surface area contributed by atoms with Crippen molar-refractivity contribution in [2.75, 3.05) is 6.61 Å². The molecule has 0 fully saturated rings. The number of carboxylic acid groups (broad SMARTS) is 1. The van der Waals surface area contributed by atoms with Gasteiger partial charge in [0.1, 0.15) is 11.3 Å². The zero-order valence-electron chi connectivity index (χ0n) is 9.69. The number of amides is 1. The largest absolute Gasteiger partial charge is 0.493 e. The van der Waals surface area contributed by atoms with Crippen molar-refractivity contribution in [3.63, 3.8) is 0 Å². The van der Waals surface area contributed by atoms with E-state index < -0.39 is 5.97 Å². The summed E-state index contributed by atoms with van der Waals surface area (Å²) < 4.78 is 6.06. The van der Waals surface area contributed by atoms with Gasteiger partial charge in [0.05, 0.1) is 6.61 Å². The molecule has 6 heteroatoms. The normalized spacial score (nSPS) is 10.1. The molecular weight excluding hydrogens is 302 g/mol. The maximum Gasteiger partial charge on any atom is 0.339 e. The Morgan fingerprint density at radius 3 is 2.67 bits per heavy atom. The highest BCUT2D eigenvalue weighted by molar-refractivity contribution is 9.10. The molecular formula is C12H14BrNO4. The minimum Gasteiger partial charge on any atom is -0.493 e. The number of carbonyl (C=O) groups excluding carboxylic acids is 1. The van der Waals surface area contributed by atoms with Crippen molar-refractivity contribution in [3.05, 3.63) is 28.2 Å². The van der Waals surface area contributed by atoms with Gasteiger partial charge in [-0.15, -0.1) is 0 Å². The van der Waals surface area contributed by atoms with Crippen LogP contribution in [0.1, 0.15) is 29.6 Å². The fourth-order valence-corrected chi connectivity index (χ4v) is 1.74. The average molecular weight is 316 g/mol. The van der Waals surface area contributed by atoms with E-state index in [0.717, 1.165) is 0 Å². The number of unbranched alkanes of at least 4 members (excludes halogenated alkanes) is 1. The summed E-state index contributed by atoms with van der Waals surface area (Å²) in [5.41, 5.74) is 5.11. The lowest BCUT2D eigenvalue weighted by molar-refractivity contribution is -0.118. The number of carbonyl (C=O) groups is 2. The molecule has 0 heterocycles. The molecule has 1 rings (SSSR count). The number of ether oxygens (including phenoxy) is 1. The van der Waals surface area contributed by atoms with Crippen molar-refractivity contribution < 1.29 is 19.4 Å². The van der Waals surface area contributed by atoms with E-state index >= 15 is 0 Å². The highest BCUT2D eigenvalue weighted by Gasteiger charge is 2.11. The molecule has 0 unspecified atom stereocenters. The SMILES string of the molecule is NC(=O)CCCCOc1ccc(Br)cc1C(=O)O. The number of hydrogen-bond acceptors (Lipinski definition) is 3. The first kappa shape index (κ1) is 14.5. The number of rotatable bonds is 7. The molecule has 1 amide bonds. The quantitative estimate of drug-likeness (QED) is 0.755. The van der Waals surface area contributed by atoms with Crippen LogP contribution in [0, 0.1) is 0 Å². The van der Waals surface area contributed by atoms with Crippen LogP contribution >= 0.6 is 15.9 Å². The first-order chi connectivity index (χ1) is 8.50.